The molecular formula is C17H19ClF3NO. The van der Waals surface area contributed by atoms with Crippen LogP contribution in [-0.2, 0) is 6.18 Å². The third kappa shape index (κ3) is 5.44. The van der Waals surface area contributed by atoms with Gasteiger partial charge in [-0.3, -0.25) is 0 Å². The molecule has 0 aromatic heterocycles. The predicted octanol–water partition coefficient (Wildman–Crippen LogP) is 4.86. The summed E-state index contributed by atoms with van der Waals surface area (Å²) in [6, 6.07) is 14.6. The fourth-order valence-corrected chi connectivity index (χ4v) is 2.19. The highest BCUT2D eigenvalue weighted by atomic mass is 35.5. The second-order valence-electron chi connectivity index (χ2n) is 4.90. The molecule has 0 heterocycles. The molecule has 126 valence electrons. The lowest BCUT2D eigenvalue weighted by molar-refractivity contribution is -0.139. The number of hydrogen-bond acceptors (Lipinski definition) is 2. The summed E-state index contributed by atoms with van der Waals surface area (Å²) in [7, 11) is 1.80. The summed E-state index contributed by atoms with van der Waals surface area (Å²) in [4.78, 5) is 0. The maximum absolute atomic E-state index is 13.1. The highest BCUT2D eigenvalue weighted by Gasteiger charge is 2.34. The number of nitrogens with one attached hydrogen (secondary N) is 1. The lowest BCUT2D eigenvalue weighted by atomic mass is 10.1. The van der Waals surface area contributed by atoms with Crippen molar-refractivity contribution in [2.75, 3.05) is 13.6 Å². The van der Waals surface area contributed by atoms with Gasteiger partial charge in [-0.2, -0.15) is 13.2 Å². The molecule has 1 unspecified atom stereocenters. The van der Waals surface area contributed by atoms with Gasteiger partial charge in [-0.05, 0) is 31.3 Å². The van der Waals surface area contributed by atoms with E-state index in [0.29, 0.717) is 13.0 Å². The largest absolute Gasteiger partial charge is 0.485 e. The molecule has 2 rings (SSSR count). The SMILES string of the molecule is CNCCC(Oc1ccccc1C(F)(F)F)c1ccccc1.Cl. The summed E-state index contributed by atoms with van der Waals surface area (Å²) in [6.07, 6.45) is -4.29. The van der Waals surface area contributed by atoms with E-state index in [1.54, 1.807) is 13.1 Å². The number of ether oxygens (including phenoxy) is 1. The maximum atomic E-state index is 13.1. The van der Waals surface area contributed by atoms with Crippen molar-refractivity contribution in [1.82, 2.24) is 5.32 Å². The molecule has 0 amide bonds. The van der Waals surface area contributed by atoms with Gasteiger partial charge in [0.2, 0.25) is 0 Å². The van der Waals surface area contributed by atoms with Gasteiger partial charge in [0.15, 0.2) is 0 Å². The van der Waals surface area contributed by atoms with Gasteiger partial charge in [-0.15, -0.1) is 12.4 Å². The van der Waals surface area contributed by atoms with Crippen LogP contribution in [0.4, 0.5) is 13.2 Å². The number of rotatable bonds is 6. The Labute approximate surface area is 140 Å². The van der Waals surface area contributed by atoms with Crippen LogP contribution >= 0.6 is 12.4 Å². The minimum atomic E-state index is -4.43. The lowest BCUT2D eigenvalue weighted by Gasteiger charge is -2.22. The second-order valence-corrected chi connectivity index (χ2v) is 4.90. The molecule has 0 fully saturated rings. The molecule has 0 aliphatic carbocycles. The van der Waals surface area contributed by atoms with Crippen LogP contribution in [-0.4, -0.2) is 13.6 Å². The standard InChI is InChI=1S/C17H18F3NO.ClH/c1-21-12-11-15(13-7-3-2-4-8-13)22-16-10-6-5-9-14(16)17(18,19)20;/h2-10,15,21H,11-12H2,1H3;1H. The van der Waals surface area contributed by atoms with Crippen molar-refractivity contribution in [3.8, 4) is 5.75 Å². The Morgan fingerprint density at radius 2 is 1.61 bits per heavy atom. The van der Waals surface area contributed by atoms with Crippen molar-refractivity contribution in [2.45, 2.75) is 18.7 Å². The molecule has 0 saturated carbocycles. The summed E-state index contributed by atoms with van der Waals surface area (Å²) in [5.74, 6) is -0.139. The Morgan fingerprint density at radius 3 is 2.22 bits per heavy atom. The Morgan fingerprint density at radius 1 is 1.00 bits per heavy atom. The van der Waals surface area contributed by atoms with E-state index in [9.17, 15) is 13.2 Å². The zero-order valence-electron chi connectivity index (χ0n) is 12.6. The zero-order valence-corrected chi connectivity index (χ0v) is 13.5. The molecule has 2 nitrogen and oxygen atoms in total. The van der Waals surface area contributed by atoms with Gasteiger partial charge < -0.3 is 10.1 Å². The number of halogens is 4. The van der Waals surface area contributed by atoms with Gasteiger partial charge in [-0.25, -0.2) is 0 Å². The topological polar surface area (TPSA) is 21.3 Å². The lowest BCUT2D eigenvalue weighted by Crippen LogP contribution is -2.18. The van der Waals surface area contributed by atoms with Gasteiger partial charge >= 0.3 is 6.18 Å². The fraction of sp³-hybridized carbons (Fsp3) is 0.294. The average Bonchev–Trinajstić information content (AvgIpc) is 2.51. The molecule has 0 saturated heterocycles. The van der Waals surface area contributed by atoms with E-state index in [2.05, 4.69) is 5.32 Å². The Bertz CT molecular complexity index is 590. The molecule has 0 aliphatic rings. The van der Waals surface area contributed by atoms with Gasteiger partial charge in [0.1, 0.15) is 11.9 Å². The first-order chi connectivity index (χ1) is 10.5. The van der Waals surface area contributed by atoms with Crippen LogP contribution in [0.2, 0.25) is 0 Å². The molecule has 23 heavy (non-hydrogen) atoms. The Balaban J connectivity index is 0.00000264. The maximum Gasteiger partial charge on any atom is 0.419 e. The summed E-state index contributed by atoms with van der Waals surface area (Å²) < 4.78 is 44.9. The van der Waals surface area contributed by atoms with E-state index in [-0.39, 0.29) is 18.2 Å². The number of benzene rings is 2. The molecule has 0 spiro atoms. The van der Waals surface area contributed by atoms with Gasteiger partial charge in [0, 0.05) is 6.42 Å². The zero-order chi connectivity index (χ0) is 16.0. The van der Waals surface area contributed by atoms with Gasteiger partial charge in [-0.1, -0.05) is 42.5 Å². The van der Waals surface area contributed by atoms with Crippen LogP contribution in [0.3, 0.4) is 0 Å². The van der Waals surface area contributed by atoms with Crippen LogP contribution in [0.25, 0.3) is 0 Å². The van der Waals surface area contributed by atoms with Crippen molar-refractivity contribution in [3.05, 3.63) is 65.7 Å². The molecule has 2 aromatic rings. The number of alkyl halides is 3. The number of hydrogen-bond donors (Lipinski definition) is 1. The van der Waals surface area contributed by atoms with Crippen molar-refractivity contribution in [3.63, 3.8) is 0 Å². The first-order valence-corrected chi connectivity index (χ1v) is 7.05. The molecular weight excluding hydrogens is 327 g/mol. The minimum absolute atomic E-state index is 0. The van der Waals surface area contributed by atoms with Gasteiger partial charge in [0.05, 0.1) is 5.56 Å². The third-order valence-electron chi connectivity index (χ3n) is 3.29. The average molecular weight is 346 g/mol. The molecule has 6 heteroatoms. The van der Waals surface area contributed by atoms with Crippen LogP contribution < -0.4 is 10.1 Å². The van der Waals surface area contributed by atoms with Crippen molar-refractivity contribution in [2.24, 2.45) is 0 Å². The van der Waals surface area contributed by atoms with Crippen LogP contribution in [0, 0.1) is 0 Å². The van der Waals surface area contributed by atoms with Crippen LogP contribution in [0.5, 0.6) is 5.75 Å². The van der Waals surface area contributed by atoms with Gasteiger partial charge in [0.25, 0.3) is 0 Å². The molecule has 0 aliphatic heterocycles. The van der Waals surface area contributed by atoms with E-state index in [4.69, 9.17) is 4.74 Å². The predicted molar refractivity (Wildman–Crippen MR) is 87.0 cm³/mol. The van der Waals surface area contributed by atoms with Crippen molar-refractivity contribution < 1.29 is 17.9 Å². The normalized spacial score (nSPS) is 12.3. The van der Waals surface area contributed by atoms with E-state index < -0.39 is 17.8 Å². The summed E-state index contributed by atoms with van der Waals surface area (Å²) >= 11 is 0. The molecule has 1 N–H and O–H groups in total. The molecule has 0 radical (unpaired) electrons. The van der Waals surface area contributed by atoms with Crippen LogP contribution in [0.1, 0.15) is 23.7 Å². The summed E-state index contributed by atoms with van der Waals surface area (Å²) in [6.45, 7) is 0.647. The Hall–Kier alpha value is -1.72. The summed E-state index contributed by atoms with van der Waals surface area (Å²) in [5, 5.41) is 3.00. The Kier molecular flexibility index (Phi) is 7.39. The highest BCUT2D eigenvalue weighted by Crippen LogP contribution is 2.38. The second kappa shape index (κ2) is 8.79. The fourth-order valence-electron chi connectivity index (χ4n) is 2.19. The molecule has 1 atom stereocenters. The molecule has 0 bridgehead atoms. The van der Waals surface area contributed by atoms with Crippen molar-refractivity contribution in [1.29, 1.82) is 0 Å². The molecule has 2 aromatic carbocycles. The monoisotopic (exact) mass is 345 g/mol. The van der Waals surface area contributed by atoms with E-state index >= 15 is 0 Å². The first-order valence-electron chi connectivity index (χ1n) is 7.05. The minimum Gasteiger partial charge on any atom is -0.485 e. The highest BCUT2D eigenvalue weighted by molar-refractivity contribution is 5.85. The van der Waals surface area contributed by atoms with E-state index in [0.717, 1.165) is 11.6 Å². The van der Waals surface area contributed by atoms with E-state index in [1.807, 2.05) is 30.3 Å². The summed E-state index contributed by atoms with van der Waals surface area (Å²) in [5.41, 5.74) is 0.107. The van der Waals surface area contributed by atoms with Crippen molar-refractivity contribution >= 4 is 12.4 Å². The van der Waals surface area contributed by atoms with E-state index in [1.165, 1.54) is 12.1 Å². The number of para-hydroxylation sites is 1. The quantitative estimate of drug-likeness (QED) is 0.807. The van der Waals surface area contributed by atoms with Crippen LogP contribution in [0.15, 0.2) is 54.6 Å². The smallest absolute Gasteiger partial charge is 0.419 e. The first kappa shape index (κ1) is 19.3. The third-order valence-corrected chi connectivity index (χ3v) is 3.29.